The molecule has 0 spiro atoms. The number of rotatable bonds is 5. The second-order valence-corrected chi connectivity index (χ2v) is 5.68. The molecule has 0 radical (unpaired) electrons. The second-order valence-electron chi connectivity index (χ2n) is 4.76. The third-order valence-electron chi connectivity index (χ3n) is 3.06. The number of esters is 1. The predicted molar refractivity (Wildman–Crippen MR) is 82.3 cm³/mol. The maximum absolute atomic E-state index is 12.1. The summed E-state index contributed by atoms with van der Waals surface area (Å²) < 4.78 is 9.99. The monoisotopic (exact) mass is 337 g/mol. The van der Waals surface area contributed by atoms with Gasteiger partial charge in [0.2, 0.25) is 0 Å². The van der Waals surface area contributed by atoms with Crippen molar-refractivity contribution in [3.05, 3.63) is 34.0 Å². The van der Waals surface area contributed by atoms with Crippen LogP contribution in [0.3, 0.4) is 0 Å². The molecular formula is C14H15N3O5S. The number of thiophene rings is 1. The first-order valence-corrected chi connectivity index (χ1v) is 7.51. The van der Waals surface area contributed by atoms with E-state index in [1.54, 1.807) is 19.2 Å². The Morgan fingerprint density at radius 2 is 2.09 bits per heavy atom. The van der Waals surface area contributed by atoms with E-state index >= 15 is 0 Å². The van der Waals surface area contributed by atoms with Gasteiger partial charge in [-0.2, -0.15) is 0 Å². The summed E-state index contributed by atoms with van der Waals surface area (Å²) in [5.74, 6) is -1.61. The van der Waals surface area contributed by atoms with E-state index in [9.17, 15) is 14.4 Å². The lowest BCUT2D eigenvalue weighted by Gasteiger charge is -2.13. The molecule has 23 heavy (non-hydrogen) atoms. The van der Waals surface area contributed by atoms with Crippen LogP contribution in [0.1, 0.15) is 39.1 Å². The Labute approximate surface area is 135 Å². The van der Waals surface area contributed by atoms with E-state index in [-0.39, 0.29) is 11.1 Å². The zero-order valence-electron chi connectivity index (χ0n) is 12.7. The van der Waals surface area contributed by atoms with E-state index < -0.39 is 23.9 Å². The Balaban J connectivity index is 2.04. The largest absolute Gasteiger partial charge is 0.449 e. The van der Waals surface area contributed by atoms with E-state index in [4.69, 9.17) is 15.0 Å². The van der Waals surface area contributed by atoms with Gasteiger partial charge in [0, 0.05) is 0 Å². The summed E-state index contributed by atoms with van der Waals surface area (Å²) in [5.41, 5.74) is 5.98. The number of carbonyl (C=O) groups excluding carboxylic acids is 3. The van der Waals surface area contributed by atoms with Crippen LogP contribution in [0.5, 0.6) is 0 Å². The van der Waals surface area contributed by atoms with E-state index in [0.29, 0.717) is 16.5 Å². The molecule has 2 aromatic heterocycles. The molecule has 2 amide bonds. The Kier molecular flexibility index (Phi) is 4.80. The van der Waals surface area contributed by atoms with Crippen LogP contribution in [0.25, 0.3) is 0 Å². The van der Waals surface area contributed by atoms with Crippen LogP contribution >= 0.6 is 11.3 Å². The second kappa shape index (κ2) is 6.61. The van der Waals surface area contributed by atoms with Crippen LogP contribution < -0.4 is 11.1 Å². The lowest BCUT2D eigenvalue weighted by molar-refractivity contribution is -0.123. The summed E-state index contributed by atoms with van der Waals surface area (Å²) >= 11 is 1.15. The van der Waals surface area contributed by atoms with Crippen LogP contribution in [0.4, 0.5) is 5.00 Å². The van der Waals surface area contributed by atoms with Gasteiger partial charge >= 0.3 is 5.97 Å². The van der Waals surface area contributed by atoms with Crippen molar-refractivity contribution >= 4 is 34.1 Å². The summed E-state index contributed by atoms with van der Waals surface area (Å²) in [7, 11) is 0. The third-order valence-corrected chi connectivity index (χ3v) is 3.89. The fourth-order valence-electron chi connectivity index (χ4n) is 1.86. The highest BCUT2D eigenvalue weighted by atomic mass is 32.1. The zero-order valence-corrected chi connectivity index (χ0v) is 13.5. The van der Waals surface area contributed by atoms with E-state index in [1.165, 1.54) is 13.0 Å². The number of amides is 2. The van der Waals surface area contributed by atoms with Gasteiger partial charge in [-0.3, -0.25) is 9.59 Å². The van der Waals surface area contributed by atoms with Gasteiger partial charge in [0.1, 0.15) is 16.3 Å². The quantitative estimate of drug-likeness (QED) is 0.799. The van der Waals surface area contributed by atoms with Gasteiger partial charge in [0.15, 0.2) is 6.10 Å². The molecule has 3 N–H and O–H groups in total. The van der Waals surface area contributed by atoms with Gasteiger partial charge in [-0.05, 0) is 32.2 Å². The summed E-state index contributed by atoms with van der Waals surface area (Å²) in [6, 6.07) is 1.50. The van der Waals surface area contributed by atoms with Crippen molar-refractivity contribution in [2.24, 2.45) is 5.73 Å². The van der Waals surface area contributed by atoms with E-state index in [0.717, 1.165) is 11.3 Å². The highest BCUT2D eigenvalue weighted by molar-refractivity contribution is 7.14. The first-order chi connectivity index (χ1) is 10.8. The van der Waals surface area contributed by atoms with E-state index in [1.807, 2.05) is 0 Å². The fourth-order valence-corrected chi connectivity index (χ4v) is 2.66. The third kappa shape index (κ3) is 3.57. The maximum atomic E-state index is 12.1. The molecular weight excluding hydrogens is 322 g/mol. The van der Waals surface area contributed by atoms with Crippen LogP contribution in [0, 0.1) is 13.8 Å². The minimum absolute atomic E-state index is 0.193. The number of nitrogens with zero attached hydrogens (tertiary/aromatic N) is 1. The first kappa shape index (κ1) is 16.7. The summed E-state index contributed by atoms with van der Waals surface area (Å²) in [6.07, 6.45) is -1.07. The molecule has 0 aliphatic rings. The molecule has 8 nitrogen and oxygen atoms in total. The van der Waals surface area contributed by atoms with Gasteiger partial charge in [-0.15, -0.1) is 11.3 Å². The molecule has 0 aliphatic carbocycles. The van der Waals surface area contributed by atoms with Crippen molar-refractivity contribution in [3.8, 4) is 0 Å². The predicted octanol–water partition coefficient (Wildman–Crippen LogP) is 1.64. The lowest BCUT2D eigenvalue weighted by atomic mass is 10.2. The topological polar surface area (TPSA) is 125 Å². The van der Waals surface area contributed by atoms with Crippen molar-refractivity contribution in [2.75, 3.05) is 5.32 Å². The molecule has 9 heteroatoms. The number of ether oxygens (including phenoxy) is 1. The summed E-state index contributed by atoms with van der Waals surface area (Å²) in [5, 5.41) is 8.10. The van der Waals surface area contributed by atoms with Crippen LogP contribution in [-0.4, -0.2) is 29.0 Å². The number of nitrogens with one attached hydrogen (secondary N) is 1. The molecule has 2 heterocycles. The Morgan fingerprint density at radius 3 is 2.65 bits per heavy atom. The minimum Gasteiger partial charge on any atom is -0.449 e. The fraction of sp³-hybridized carbons (Fsp3) is 0.286. The lowest BCUT2D eigenvalue weighted by Crippen LogP contribution is -2.30. The SMILES string of the molecule is Cc1noc(C)c1C(=O)O[C@@H](C)C(=O)Nc1sccc1C(N)=O. The molecule has 2 rings (SSSR count). The molecule has 0 bridgehead atoms. The minimum atomic E-state index is -1.07. The number of primary amides is 1. The van der Waals surface area contributed by atoms with Crippen molar-refractivity contribution in [1.29, 1.82) is 0 Å². The van der Waals surface area contributed by atoms with Crippen LogP contribution in [0.15, 0.2) is 16.0 Å². The highest BCUT2D eigenvalue weighted by Crippen LogP contribution is 2.23. The summed E-state index contributed by atoms with van der Waals surface area (Å²) in [4.78, 5) is 35.4. The molecule has 0 aromatic carbocycles. The number of anilines is 1. The van der Waals surface area contributed by atoms with Crippen molar-refractivity contribution < 1.29 is 23.6 Å². The molecule has 122 valence electrons. The van der Waals surface area contributed by atoms with Gasteiger partial charge in [0.05, 0.1) is 11.3 Å². The Bertz CT molecular complexity index is 745. The zero-order chi connectivity index (χ0) is 17.1. The molecule has 0 unspecified atom stereocenters. The average Bonchev–Trinajstić information content (AvgIpc) is 3.05. The molecule has 0 aliphatic heterocycles. The molecule has 1 atom stereocenters. The normalized spacial score (nSPS) is 11.8. The molecule has 0 saturated heterocycles. The number of hydrogen-bond donors (Lipinski definition) is 2. The van der Waals surface area contributed by atoms with Gasteiger partial charge in [-0.1, -0.05) is 5.16 Å². The molecule has 0 fully saturated rings. The van der Waals surface area contributed by atoms with Gasteiger partial charge < -0.3 is 20.3 Å². The maximum Gasteiger partial charge on any atom is 0.344 e. The van der Waals surface area contributed by atoms with E-state index in [2.05, 4.69) is 10.5 Å². The standard InChI is InChI=1S/C14H15N3O5S/c1-6-10(7(2)22-17-6)14(20)21-8(3)12(19)16-13-9(11(15)18)4-5-23-13/h4-5,8H,1-3H3,(H2,15,18)(H,16,19)/t8-/m0/s1. The van der Waals surface area contributed by atoms with Crippen molar-refractivity contribution in [3.63, 3.8) is 0 Å². The molecule has 0 saturated carbocycles. The van der Waals surface area contributed by atoms with Crippen LogP contribution in [0.2, 0.25) is 0 Å². The number of aryl methyl sites for hydroxylation is 2. The number of nitrogens with two attached hydrogens (primary N) is 1. The van der Waals surface area contributed by atoms with Crippen molar-refractivity contribution in [1.82, 2.24) is 5.16 Å². The van der Waals surface area contributed by atoms with Crippen molar-refractivity contribution in [2.45, 2.75) is 26.9 Å². The average molecular weight is 337 g/mol. The highest BCUT2D eigenvalue weighted by Gasteiger charge is 2.25. The summed E-state index contributed by atoms with van der Waals surface area (Å²) in [6.45, 7) is 4.59. The first-order valence-electron chi connectivity index (χ1n) is 6.63. The Morgan fingerprint density at radius 1 is 1.39 bits per heavy atom. The van der Waals surface area contributed by atoms with Crippen LogP contribution in [-0.2, 0) is 9.53 Å². The van der Waals surface area contributed by atoms with Gasteiger partial charge in [-0.25, -0.2) is 4.79 Å². The number of aromatic nitrogens is 1. The number of carbonyl (C=O) groups is 3. The number of hydrogen-bond acceptors (Lipinski definition) is 7. The molecule has 2 aromatic rings. The van der Waals surface area contributed by atoms with Gasteiger partial charge in [0.25, 0.3) is 11.8 Å². The Hall–Kier alpha value is -2.68. The smallest absolute Gasteiger partial charge is 0.344 e.